The Morgan fingerprint density at radius 2 is 1.97 bits per heavy atom. The number of pyridine rings is 1. The maximum Gasteiger partial charge on any atom is 0.126 e. The highest BCUT2D eigenvalue weighted by molar-refractivity contribution is 5.74. The van der Waals surface area contributed by atoms with Crippen molar-refractivity contribution in [2.75, 3.05) is 11.4 Å². The van der Waals surface area contributed by atoms with E-state index in [1.165, 1.54) is 22.5 Å². The number of aromatic amines is 1. The fourth-order valence-electron chi connectivity index (χ4n) is 4.74. The topological polar surface area (TPSA) is 56.8 Å². The number of para-hydroxylation sites is 3. The van der Waals surface area contributed by atoms with Crippen LogP contribution in [0.15, 0.2) is 79.5 Å². The van der Waals surface area contributed by atoms with Crippen molar-refractivity contribution in [1.29, 1.82) is 0 Å². The van der Waals surface area contributed by atoms with Crippen LogP contribution in [0.2, 0.25) is 0 Å². The zero-order valence-electron chi connectivity index (χ0n) is 18.3. The average Bonchev–Trinajstić information content (AvgIpc) is 3.26. The molecule has 0 spiro atoms. The van der Waals surface area contributed by atoms with Gasteiger partial charge in [0.1, 0.15) is 5.82 Å². The third kappa shape index (κ3) is 4.16. The molecule has 2 aromatic carbocycles. The van der Waals surface area contributed by atoms with Gasteiger partial charge in [-0.15, -0.1) is 6.58 Å². The Balaban J connectivity index is 1.56. The third-order valence-corrected chi connectivity index (χ3v) is 6.21. The summed E-state index contributed by atoms with van der Waals surface area (Å²) in [5, 5.41) is 3.47. The molecule has 1 aliphatic carbocycles. The highest BCUT2D eigenvalue weighted by Crippen LogP contribution is 2.38. The first-order chi connectivity index (χ1) is 15.8. The van der Waals surface area contributed by atoms with Gasteiger partial charge in [-0.3, -0.25) is 4.98 Å². The molecule has 5 nitrogen and oxygen atoms in total. The summed E-state index contributed by atoms with van der Waals surface area (Å²) in [6.45, 7) is 6.11. The summed E-state index contributed by atoms with van der Waals surface area (Å²) < 4.78 is 0. The van der Waals surface area contributed by atoms with Gasteiger partial charge >= 0.3 is 0 Å². The van der Waals surface area contributed by atoms with Gasteiger partial charge in [0.15, 0.2) is 0 Å². The summed E-state index contributed by atoms with van der Waals surface area (Å²) in [4.78, 5) is 15.7. The van der Waals surface area contributed by atoms with Crippen molar-refractivity contribution in [2.45, 2.75) is 38.4 Å². The molecule has 2 N–H and O–H groups in total. The third-order valence-electron chi connectivity index (χ3n) is 6.21. The molecular formula is C27H29N5. The second-order valence-electron chi connectivity index (χ2n) is 8.33. The molecule has 0 radical (unpaired) electrons. The number of aryl methyl sites for hydroxylation is 1. The molecule has 2 aromatic heterocycles. The van der Waals surface area contributed by atoms with Crippen LogP contribution in [0.4, 0.5) is 5.69 Å². The Labute approximate surface area is 189 Å². The molecule has 0 saturated carbocycles. The van der Waals surface area contributed by atoms with Crippen LogP contribution >= 0.6 is 0 Å². The number of fused-ring (bicyclic) bond motifs is 2. The maximum absolute atomic E-state index is 4.89. The quantitative estimate of drug-likeness (QED) is 0.298. The Bertz CT molecular complexity index is 1180. The van der Waals surface area contributed by atoms with Gasteiger partial charge < -0.3 is 15.2 Å². The van der Waals surface area contributed by atoms with E-state index in [2.05, 4.69) is 70.3 Å². The van der Waals surface area contributed by atoms with Gasteiger partial charge in [-0.2, -0.15) is 0 Å². The Morgan fingerprint density at radius 1 is 1.09 bits per heavy atom. The molecule has 32 heavy (non-hydrogen) atoms. The minimum atomic E-state index is 0.216. The molecule has 0 bridgehead atoms. The number of rotatable bonds is 8. The molecule has 1 unspecified atom stereocenters. The number of nitrogens with one attached hydrogen (secondary N) is 2. The molecule has 0 aliphatic heterocycles. The van der Waals surface area contributed by atoms with Crippen LogP contribution < -0.4 is 10.2 Å². The lowest BCUT2D eigenvalue weighted by molar-refractivity contribution is 0.499. The normalized spacial score (nSPS) is 15.4. The van der Waals surface area contributed by atoms with Crippen molar-refractivity contribution in [2.24, 2.45) is 0 Å². The minimum absolute atomic E-state index is 0.216. The Hall–Kier alpha value is -3.44. The molecule has 1 aliphatic rings. The zero-order chi connectivity index (χ0) is 21.8. The van der Waals surface area contributed by atoms with Gasteiger partial charge in [0.05, 0.1) is 29.3 Å². The molecule has 4 aromatic rings. The first-order valence-electron chi connectivity index (χ1n) is 11.4. The van der Waals surface area contributed by atoms with Crippen LogP contribution in [-0.2, 0) is 19.5 Å². The maximum atomic E-state index is 4.89. The molecule has 0 saturated heterocycles. The number of aromatic nitrogens is 3. The number of imidazole rings is 1. The monoisotopic (exact) mass is 423 g/mol. The second kappa shape index (κ2) is 9.37. The number of hydrogen-bond donors (Lipinski definition) is 2. The van der Waals surface area contributed by atoms with Gasteiger partial charge in [-0.25, -0.2) is 4.98 Å². The lowest BCUT2D eigenvalue weighted by Crippen LogP contribution is -2.33. The van der Waals surface area contributed by atoms with E-state index in [4.69, 9.17) is 9.97 Å². The van der Waals surface area contributed by atoms with E-state index in [0.717, 1.165) is 49.2 Å². The predicted molar refractivity (Wildman–Crippen MR) is 131 cm³/mol. The lowest BCUT2D eigenvalue weighted by atomic mass is 9.90. The summed E-state index contributed by atoms with van der Waals surface area (Å²) in [6.07, 6.45) is 7.17. The molecule has 5 heteroatoms. The van der Waals surface area contributed by atoms with Crippen molar-refractivity contribution in [3.8, 4) is 0 Å². The van der Waals surface area contributed by atoms with E-state index in [9.17, 15) is 0 Å². The van der Waals surface area contributed by atoms with Crippen molar-refractivity contribution >= 4 is 16.7 Å². The minimum Gasteiger partial charge on any atom is -0.355 e. The van der Waals surface area contributed by atoms with Gasteiger partial charge in [-0.05, 0) is 54.7 Å². The van der Waals surface area contributed by atoms with Crippen molar-refractivity contribution in [3.63, 3.8) is 0 Å². The number of H-pyrrole nitrogens is 1. The molecule has 2 heterocycles. The highest BCUT2D eigenvalue weighted by atomic mass is 15.2. The summed E-state index contributed by atoms with van der Waals surface area (Å²) in [5.41, 5.74) is 7.14. The van der Waals surface area contributed by atoms with E-state index in [-0.39, 0.29) is 6.04 Å². The fourth-order valence-corrected chi connectivity index (χ4v) is 4.74. The van der Waals surface area contributed by atoms with Gasteiger partial charge in [0.2, 0.25) is 0 Å². The average molecular weight is 424 g/mol. The second-order valence-corrected chi connectivity index (χ2v) is 8.33. The lowest BCUT2D eigenvalue weighted by Gasteiger charge is -2.37. The summed E-state index contributed by atoms with van der Waals surface area (Å²) in [5.74, 6) is 0.975. The van der Waals surface area contributed by atoms with E-state index in [1.807, 2.05) is 24.4 Å². The highest BCUT2D eigenvalue weighted by Gasteiger charge is 2.29. The first-order valence-corrected chi connectivity index (χ1v) is 11.4. The molecule has 1 atom stereocenters. The number of hydrogen-bond acceptors (Lipinski definition) is 4. The standard InChI is InChI=1S/C27H29N5/c1-2-16-28-18-21-9-3-6-14-24(21)32(19-26-30-22-12-4-5-13-23(22)31-26)25-15-7-10-20-11-8-17-29-27(20)25/h2-6,8-9,11-14,17,25,28H,1,7,10,15-16,18-19H2,(H,30,31). The van der Waals surface area contributed by atoms with Crippen LogP contribution in [0.5, 0.6) is 0 Å². The predicted octanol–water partition coefficient (Wildman–Crippen LogP) is 5.32. The SMILES string of the molecule is C=CCNCc1ccccc1N(Cc1nc2ccccc2[nH]1)C1CCCc2cccnc21. The largest absolute Gasteiger partial charge is 0.355 e. The van der Waals surface area contributed by atoms with Gasteiger partial charge in [-0.1, -0.05) is 42.5 Å². The molecular weight excluding hydrogens is 394 g/mol. The summed E-state index contributed by atoms with van der Waals surface area (Å²) in [6, 6.07) is 21.4. The van der Waals surface area contributed by atoms with E-state index in [0.29, 0.717) is 6.54 Å². The number of nitrogens with zero attached hydrogens (tertiary/aromatic N) is 3. The van der Waals surface area contributed by atoms with Crippen LogP contribution in [0.3, 0.4) is 0 Å². The van der Waals surface area contributed by atoms with Crippen LogP contribution in [0.25, 0.3) is 11.0 Å². The van der Waals surface area contributed by atoms with Crippen molar-refractivity contribution in [1.82, 2.24) is 20.3 Å². The zero-order valence-corrected chi connectivity index (χ0v) is 18.3. The van der Waals surface area contributed by atoms with Crippen LogP contribution in [0.1, 0.15) is 41.5 Å². The summed E-state index contributed by atoms with van der Waals surface area (Å²) >= 11 is 0. The Morgan fingerprint density at radius 3 is 2.88 bits per heavy atom. The van der Waals surface area contributed by atoms with E-state index >= 15 is 0 Å². The van der Waals surface area contributed by atoms with Crippen molar-refractivity contribution < 1.29 is 0 Å². The number of anilines is 1. The van der Waals surface area contributed by atoms with E-state index in [1.54, 1.807) is 0 Å². The molecule has 0 fully saturated rings. The number of benzene rings is 2. The fraction of sp³-hybridized carbons (Fsp3) is 0.259. The molecule has 0 amide bonds. The van der Waals surface area contributed by atoms with Crippen molar-refractivity contribution in [3.05, 3.63) is 102 Å². The van der Waals surface area contributed by atoms with Crippen LogP contribution in [0, 0.1) is 0 Å². The molecule has 5 rings (SSSR count). The van der Waals surface area contributed by atoms with Gasteiger partial charge in [0.25, 0.3) is 0 Å². The van der Waals surface area contributed by atoms with E-state index < -0.39 is 0 Å². The van der Waals surface area contributed by atoms with Crippen LogP contribution in [-0.4, -0.2) is 21.5 Å². The summed E-state index contributed by atoms with van der Waals surface area (Å²) in [7, 11) is 0. The smallest absolute Gasteiger partial charge is 0.126 e. The Kier molecular flexibility index (Phi) is 5.99. The molecule has 162 valence electrons. The van der Waals surface area contributed by atoms with Gasteiger partial charge in [0, 0.05) is 25.0 Å². The first kappa shape index (κ1) is 20.5.